The highest BCUT2D eigenvalue weighted by Crippen LogP contribution is 2.31. The van der Waals surface area contributed by atoms with Crippen molar-refractivity contribution >= 4 is 23.4 Å². The van der Waals surface area contributed by atoms with Crippen LogP contribution in [0.25, 0.3) is 5.69 Å². The van der Waals surface area contributed by atoms with E-state index in [1.165, 1.54) is 11.8 Å². The zero-order valence-corrected chi connectivity index (χ0v) is 12.6. The van der Waals surface area contributed by atoms with E-state index in [2.05, 4.69) is 15.5 Å². The van der Waals surface area contributed by atoms with E-state index in [0.29, 0.717) is 16.7 Å². The first-order chi connectivity index (χ1) is 10.3. The van der Waals surface area contributed by atoms with Crippen LogP contribution < -0.4 is 5.73 Å². The lowest BCUT2D eigenvalue weighted by atomic mass is 10.2. The minimum Gasteiger partial charge on any atom is -0.326 e. The third-order valence-corrected chi connectivity index (χ3v) is 4.18. The molecule has 2 aromatic carbocycles. The van der Waals surface area contributed by atoms with E-state index < -0.39 is 0 Å². The molecule has 5 nitrogen and oxygen atoms in total. The van der Waals surface area contributed by atoms with Gasteiger partial charge in [-0.05, 0) is 58.1 Å². The second kappa shape index (κ2) is 6.26. The van der Waals surface area contributed by atoms with Gasteiger partial charge in [0.2, 0.25) is 5.16 Å². The quantitative estimate of drug-likeness (QED) is 0.801. The molecule has 7 heteroatoms. The summed E-state index contributed by atoms with van der Waals surface area (Å²) in [6, 6.07) is 15.4. The maximum absolute atomic E-state index is 5.99. The first-order valence-electron chi connectivity index (χ1n) is 6.28. The minimum atomic E-state index is 0.412. The molecular formula is C14H12ClN5S. The number of nitrogens with two attached hydrogens (primary N) is 1. The molecule has 106 valence electrons. The van der Waals surface area contributed by atoms with Gasteiger partial charge >= 0.3 is 0 Å². The Hall–Kier alpha value is -1.89. The van der Waals surface area contributed by atoms with Gasteiger partial charge in [-0.25, -0.2) is 0 Å². The number of halogens is 1. The maximum atomic E-state index is 5.99. The summed E-state index contributed by atoms with van der Waals surface area (Å²) in [6.07, 6.45) is 0. The standard InChI is InChI=1S/C14H12ClN5S/c15-11-6-7-13(10(8-11)9-16)21-14-17-18-19-20(14)12-4-2-1-3-5-12/h1-8H,9,16H2. The van der Waals surface area contributed by atoms with E-state index in [1.807, 2.05) is 48.5 Å². The molecule has 0 radical (unpaired) electrons. The summed E-state index contributed by atoms with van der Waals surface area (Å²) < 4.78 is 1.69. The average molecular weight is 318 g/mol. The highest BCUT2D eigenvalue weighted by atomic mass is 35.5. The van der Waals surface area contributed by atoms with E-state index in [4.69, 9.17) is 17.3 Å². The summed E-state index contributed by atoms with van der Waals surface area (Å²) in [4.78, 5) is 0.994. The molecule has 0 aliphatic heterocycles. The lowest BCUT2D eigenvalue weighted by molar-refractivity contribution is 0.756. The van der Waals surface area contributed by atoms with Crippen LogP contribution in [0.5, 0.6) is 0 Å². The van der Waals surface area contributed by atoms with E-state index in [0.717, 1.165) is 16.1 Å². The number of hydrogen-bond donors (Lipinski definition) is 1. The molecule has 21 heavy (non-hydrogen) atoms. The van der Waals surface area contributed by atoms with Crippen molar-refractivity contribution in [2.45, 2.75) is 16.6 Å². The highest BCUT2D eigenvalue weighted by molar-refractivity contribution is 7.99. The average Bonchev–Trinajstić information content (AvgIpc) is 2.98. The molecule has 2 N–H and O–H groups in total. The molecule has 0 bridgehead atoms. The van der Waals surface area contributed by atoms with Gasteiger partial charge in [-0.3, -0.25) is 0 Å². The van der Waals surface area contributed by atoms with Crippen LogP contribution in [0.15, 0.2) is 58.6 Å². The van der Waals surface area contributed by atoms with E-state index in [1.54, 1.807) is 4.68 Å². The second-order valence-electron chi connectivity index (χ2n) is 4.27. The van der Waals surface area contributed by atoms with Gasteiger partial charge in [-0.2, -0.15) is 4.68 Å². The van der Waals surface area contributed by atoms with Gasteiger partial charge in [0, 0.05) is 16.5 Å². The van der Waals surface area contributed by atoms with Crippen LogP contribution in [0.1, 0.15) is 5.56 Å². The van der Waals surface area contributed by atoms with Crippen molar-refractivity contribution < 1.29 is 0 Å². The van der Waals surface area contributed by atoms with Crippen molar-refractivity contribution in [2.75, 3.05) is 0 Å². The van der Waals surface area contributed by atoms with Crippen LogP contribution in [0, 0.1) is 0 Å². The van der Waals surface area contributed by atoms with Gasteiger partial charge in [0.15, 0.2) is 0 Å². The summed E-state index contributed by atoms with van der Waals surface area (Å²) in [7, 11) is 0. The Balaban J connectivity index is 1.95. The SMILES string of the molecule is NCc1cc(Cl)ccc1Sc1nnnn1-c1ccccc1. The monoisotopic (exact) mass is 317 g/mol. The Morgan fingerprint density at radius 3 is 2.71 bits per heavy atom. The first-order valence-corrected chi connectivity index (χ1v) is 7.47. The van der Waals surface area contributed by atoms with Gasteiger partial charge < -0.3 is 5.73 Å². The van der Waals surface area contributed by atoms with E-state index in [9.17, 15) is 0 Å². The van der Waals surface area contributed by atoms with Gasteiger partial charge in [-0.15, -0.1) is 5.10 Å². The van der Waals surface area contributed by atoms with Crippen LogP contribution in [-0.2, 0) is 6.54 Å². The molecule has 0 spiro atoms. The maximum Gasteiger partial charge on any atom is 0.218 e. The predicted octanol–water partition coefficient (Wildman–Crippen LogP) is 2.93. The molecular weight excluding hydrogens is 306 g/mol. The molecule has 0 amide bonds. The Morgan fingerprint density at radius 2 is 1.95 bits per heavy atom. The normalized spacial score (nSPS) is 10.8. The number of rotatable bonds is 4. The Morgan fingerprint density at radius 1 is 1.14 bits per heavy atom. The fourth-order valence-electron chi connectivity index (χ4n) is 1.88. The van der Waals surface area contributed by atoms with Gasteiger partial charge in [0.05, 0.1) is 5.69 Å². The summed E-state index contributed by atoms with van der Waals surface area (Å²) in [6.45, 7) is 0.412. The number of nitrogens with zero attached hydrogens (tertiary/aromatic N) is 4. The van der Waals surface area contributed by atoms with Crippen LogP contribution in [-0.4, -0.2) is 20.2 Å². The molecule has 3 rings (SSSR count). The van der Waals surface area contributed by atoms with Gasteiger partial charge in [0.25, 0.3) is 0 Å². The van der Waals surface area contributed by atoms with Crippen LogP contribution in [0.4, 0.5) is 0 Å². The third kappa shape index (κ3) is 3.07. The smallest absolute Gasteiger partial charge is 0.218 e. The van der Waals surface area contributed by atoms with Crippen LogP contribution in [0.3, 0.4) is 0 Å². The van der Waals surface area contributed by atoms with E-state index >= 15 is 0 Å². The number of benzene rings is 2. The first kappa shape index (κ1) is 14.1. The lowest BCUT2D eigenvalue weighted by Crippen LogP contribution is -2.01. The minimum absolute atomic E-state index is 0.412. The molecule has 0 unspecified atom stereocenters. The second-order valence-corrected chi connectivity index (χ2v) is 5.71. The molecule has 0 saturated heterocycles. The molecule has 3 aromatic rings. The van der Waals surface area contributed by atoms with Crippen LogP contribution >= 0.6 is 23.4 Å². The fraction of sp³-hybridized carbons (Fsp3) is 0.0714. The summed E-state index contributed by atoms with van der Waals surface area (Å²) >= 11 is 7.46. The fourth-order valence-corrected chi connectivity index (χ4v) is 2.99. The van der Waals surface area contributed by atoms with Crippen molar-refractivity contribution in [3.63, 3.8) is 0 Å². The molecule has 0 fully saturated rings. The Kier molecular flexibility index (Phi) is 4.19. The summed E-state index contributed by atoms with van der Waals surface area (Å²) in [5.74, 6) is 0. The van der Waals surface area contributed by atoms with Crippen molar-refractivity contribution in [1.82, 2.24) is 20.2 Å². The molecule has 0 saturated carbocycles. The van der Waals surface area contributed by atoms with Crippen molar-refractivity contribution in [3.8, 4) is 5.69 Å². The highest BCUT2D eigenvalue weighted by Gasteiger charge is 2.12. The number of para-hydroxylation sites is 1. The predicted molar refractivity (Wildman–Crippen MR) is 82.6 cm³/mol. The molecule has 1 aromatic heterocycles. The molecule has 0 aliphatic carbocycles. The lowest BCUT2D eigenvalue weighted by Gasteiger charge is -2.08. The van der Waals surface area contributed by atoms with Gasteiger partial charge in [-0.1, -0.05) is 29.8 Å². The Labute approximate surface area is 131 Å². The summed E-state index contributed by atoms with van der Waals surface area (Å²) in [5, 5.41) is 13.2. The van der Waals surface area contributed by atoms with Gasteiger partial charge in [0.1, 0.15) is 0 Å². The largest absolute Gasteiger partial charge is 0.326 e. The molecule has 0 aliphatic rings. The molecule has 0 atom stereocenters. The number of hydrogen-bond acceptors (Lipinski definition) is 5. The number of aromatic nitrogens is 4. The van der Waals surface area contributed by atoms with Crippen LogP contribution in [0.2, 0.25) is 5.02 Å². The topological polar surface area (TPSA) is 69.6 Å². The molecule has 1 heterocycles. The zero-order chi connectivity index (χ0) is 14.7. The summed E-state index contributed by atoms with van der Waals surface area (Å²) in [5.41, 5.74) is 7.65. The number of tetrazole rings is 1. The van der Waals surface area contributed by atoms with Crippen molar-refractivity contribution in [3.05, 3.63) is 59.1 Å². The third-order valence-electron chi connectivity index (χ3n) is 2.89. The van der Waals surface area contributed by atoms with E-state index in [-0.39, 0.29) is 0 Å². The Bertz CT molecular complexity index is 744. The van der Waals surface area contributed by atoms with Crippen molar-refractivity contribution in [2.24, 2.45) is 5.73 Å². The van der Waals surface area contributed by atoms with Crippen molar-refractivity contribution in [1.29, 1.82) is 0 Å². The zero-order valence-electron chi connectivity index (χ0n) is 11.0.